The minimum absolute atomic E-state index is 0.118. The van der Waals surface area contributed by atoms with Gasteiger partial charge in [0.25, 0.3) is 0 Å². The highest BCUT2D eigenvalue weighted by Crippen LogP contribution is 2.28. The maximum atomic E-state index is 11.9. The Morgan fingerprint density at radius 3 is 2.38 bits per heavy atom. The van der Waals surface area contributed by atoms with Gasteiger partial charge in [-0.3, -0.25) is 4.79 Å². The number of hydrogen-bond acceptors (Lipinski definition) is 2. The van der Waals surface area contributed by atoms with Gasteiger partial charge in [-0.2, -0.15) is 0 Å². The van der Waals surface area contributed by atoms with Crippen molar-refractivity contribution < 1.29 is 4.79 Å². The van der Waals surface area contributed by atoms with Crippen LogP contribution in [-0.4, -0.2) is 16.9 Å². The molecule has 1 unspecified atom stereocenters. The van der Waals surface area contributed by atoms with Gasteiger partial charge in [0.05, 0.1) is 4.83 Å². The van der Waals surface area contributed by atoms with E-state index >= 15 is 0 Å². The highest BCUT2D eigenvalue weighted by molar-refractivity contribution is 9.10. The summed E-state index contributed by atoms with van der Waals surface area (Å²) >= 11 is 5.05. The van der Waals surface area contributed by atoms with Crippen LogP contribution < -0.4 is 0 Å². The lowest BCUT2D eigenvalue weighted by Crippen LogP contribution is -2.10. The molecule has 0 bridgehead atoms. The van der Waals surface area contributed by atoms with Crippen LogP contribution in [0.15, 0.2) is 23.1 Å². The zero-order valence-electron chi connectivity index (χ0n) is 10.1. The largest absolute Gasteiger partial charge is 0.293 e. The van der Waals surface area contributed by atoms with Crippen molar-refractivity contribution in [2.75, 3.05) is 6.26 Å². The Hall–Kier alpha value is -0.280. The number of benzene rings is 1. The number of halogens is 1. The lowest BCUT2D eigenvalue weighted by atomic mass is 9.98. The van der Waals surface area contributed by atoms with E-state index in [1.807, 2.05) is 25.1 Å². The Labute approximate surface area is 110 Å². The topological polar surface area (TPSA) is 17.1 Å². The van der Waals surface area contributed by atoms with Crippen LogP contribution in [0.4, 0.5) is 0 Å². The fourth-order valence-corrected chi connectivity index (χ4v) is 2.57. The average Bonchev–Trinajstić information content (AvgIpc) is 2.26. The van der Waals surface area contributed by atoms with Crippen molar-refractivity contribution >= 4 is 33.5 Å². The maximum absolute atomic E-state index is 11.9. The molecule has 1 nitrogen and oxygen atoms in total. The van der Waals surface area contributed by atoms with E-state index in [0.717, 1.165) is 5.56 Å². The third-order valence-electron chi connectivity index (χ3n) is 2.50. The molecule has 0 aliphatic carbocycles. The number of thioether (sulfide) groups is 1. The Balaban J connectivity index is 3.17. The summed E-state index contributed by atoms with van der Waals surface area (Å²) in [6, 6.07) is 5.98. The van der Waals surface area contributed by atoms with E-state index < -0.39 is 0 Å². The number of carbonyl (C=O) groups is 1. The SMILES string of the molecule is CSc1ccc(C(=O)C(C)Br)cc1C(C)C. The molecule has 0 fully saturated rings. The lowest BCUT2D eigenvalue weighted by Gasteiger charge is -2.13. The van der Waals surface area contributed by atoms with E-state index in [1.165, 1.54) is 10.5 Å². The summed E-state index contributed by atoms with van der Waals surface area (Å²) in [4.78, 5) is 13.0. The molecule has 0 saturated carbocycles. The van der Waals surface area contributed by atoms with Gasteiger partial charge < -0.3 is 0 Å². The number of alkyl halides is 1. The summed E-state index contributed by atoms with van der Waals surface area (Å²) in [6.07, 6.45) is 2.07. The average molecular weight is 301 g/mol. The minimum Gasteiger partial charge on any atom is -0.293 e. The van der Waals surface area contributed by atoms with Gasteiger partial charge in [-0.05, 0) is 36.8 Å². The monoisotopic (exact) mass is 300 g/mol. The normalized spacial score (nSPS) is 12.9. The minimum atomic E-state index is -0.118. The molecular weight excluding hydrogens is 284 g/mol. The van der Waals surface area contributed by atoms with Gasteiger partial charge in [-0.1, -0.05) is 35.8 Å². The molecule has 0 aromatic heterocycles. The van der Waals surface area contributed by atoms with Crippen LogP contribution in [0.25, 0.3) is 0 Å². The van der Waals surface area contributed by atoms with Gasteiger partial charge in [0.2, 0.25) is 0 Å². The molecule has 16 heavy (non-hydrogen) atoms. The number of carbonyl (C=O) groups excluding carboxylic acids is 1. The standard InChI is InChI=1S/C13H17BrOS/c1-8(2)11-7-10(13(15)9(3)14)5-6-12(11)16-4/h5-9H,1-4H3. The predicted molar refractivity (Wildman–Crippen MR) is 75.0 cm³/mol. The third kappa shape index (κ3) is 3.11. The Morgan fingerprint density at radius 2 is 1.94 bits per heavy atom. The van der Waals surface area contributed by atoms with Crippen molar-refractivity contribution in [2.45, 2.75) is 36.4 Å². The lowest BCUT2D eigenvalue weighted by molar-refractivity contribution is 0.0995. The first-order valence-corrected chi connectivity index (χ1v) is 7.47. The zero-order chi connectivity index (χ0) is 12.3. The molecule has 88 valence electrons. The molecule has 1 atom stereocenters. The summed E-state index contributed by atoms with van der Waals surface area (Å²) in [5, 5.41) is 0. The molecule has 0 N–H and O–H groups in total. The predicted octanol–water partition coefficient (Wildman–Crippen LogP) is 4.50. The summed E-state index contributed by atoms with van der Waals surface area (Å²) in [5.74, 6) is 0.593. The molecule has 0 aliphatic rings. The zero-order valence-corrected chi connectivity index (χ0v) is 12.5. The van der Waals surface area contributed by atoms with Crippen molar-refractivity contribution in [1.82, 2.24) is 0 Å². The molecular formula is C13H17BrOS. The van der Waals surface area contributed by atoms with Crippen LogP contribution in [0.1, 0.15) is 42.6 Å². The second-order valence-electron chi connectivity index (χ2n) is 4.09. The summed E-state index contributed by atoms with van der Waals surface area (Å²) in [7, 11) is 0. The van der Waals surface area contributed by atoms with E-state index in [4.69, 9.17) is 0 Å². The molecule has 0 spiro atoms. The van der Waals surface area contributed by atoms with E-state index in [2.05, 4.69) is 36.0 Å². The second-order valence-corrected chi connectivity index (χ2v) is 6.31. The van der Waals surface area contributed by atoms with Crippen LogP contribution in [0.2, 0.25) is 0 Å². The van der Waals surface area contributed by atoms with Gasteiger partial charge in [-0.15, -0.1) is 11.8 Å². The van der Waals surface area contributed by atoms with Crippen LogP contribution in [0, 0.1) is 0 Å². The first kappa shape index (κ1) is 13.8. The third-order valence-corrected chi connectivity index (χ3v) is 3.72. The van der Waals surface area contributed by atoms with Crippen LogP contribution >= 0.6 is 27.7 Å². The molecule has 3 heteroatoms. The molecule has 0 heterocycles. The second kappa shape index (κ2) is 5.87. The molecule has 0 saturated heterocycles. The Kier molecular flexibility index (Phi) is 5.06. The highest BCUT2D eigenvalue weighted by Gasteiger charge is 2.14. The van der Waals surface area contributed by atoms with Gasteiger partial charge in [0.1, 0.15) is 0 Å². The number of ketones is 1. The molecule has 0 aliphatic heterocycles. The van der Waals surface area contributed by atoms with Crippen molar-refractivity contribution in [2.24, 2.45) is 0 Å². The van der Waals surface area contributed by atoms with Gasteiger partial charge in [-0.25, -0.2) is 0 Å². The van der Waals surface area contributed by atoms with E-state index in [1.54, 1.807) is 11.8 Å². The van der Waals surface area contributed by atoms with Crippen molar-refractivity contribution in [3.63, 3.8) is 0 Å². The van der Waals surface area contributed by atoms with E-state index in [9.17, 15) is 4.79 Å². The summed E-state index contributed by atoms with van der Waals surface area (Å²) in [6.45, 7) is 6.17. The van der Waals surface area contributed by atoms with E-state index in [0.29, 0.717) is 5.92 Å². The van der Waals surface area contributed by atoms with Gasteiger partial charge in [0.15, 0.2) is 5.78 Å². The molecule has 1 aromatic rings. The molecule has 0 amide bonds. The molecule has 0 radical (unpaired) electrons. The maximum Gasteiger partial charge on any atom is 0.176 e. The summed E-state index contributed by atoms with van der Waals surface area (Å²) < 4.78 is 0. The highest BCUT2D eigenvalue weighted by atomic mass is 79.9. The number of Topliss-reactive ketones (excluding diaryl/α,β-unsaturated/α-hetero) is 1. The quantitative estimate of drug-likeness (QED) is 0.463. The molecule has 1 aromatic carbocycles. The number of rotatable bonds is 4. The first-order valence-electron chi connectivity index (χ1n) is 5.33. The van der Waals surface area contributed by atoms with Crippen LogP contribution in [-0.2, 0) is 0 Å². The van der Waals surface area contributed by atoms with Crippen molar-refractivity contribution in [3.8, 4) is 0 Å². The van der Waals surface area contributed by atoms with Crippen LogP contribution in [0.5, 0.6) is 0 Å². The van der Waals surface area contributed by atoms with Crippen LogP contribution in [0.3, 0.4) is 0 Å². The fourth-order valence-electron chi connectivity index (χ4n) is 1.57. The van der Waals surface area contributed by atoms with Gasteiger partial charge >= 0.3 is 0 Å². The van der Waals surface area contributed by atoms with E-state index in [-0.39, 0.29) is 10.6 Å². The first-order chi connectivity index (χ1) is 7.47. The van der Waals surface area contributed by atoms with Crippen molar-refractivity contribution in [1.29, 1.82) is 0 Å². The van der Waals surface area contributed by atoms with Crippen molar-refractivity contribution in [3.05, 3.63) is 29.3 Å². The Morgan fingerprint density at radius 1 is 1.31 bits per heavy atom. The van der Waals surface area contributed by atoms with Gasteiger partial charge in [0, 0.05) is 10.5 Å². The smallest absolute Gasteiger partial charge is 0.176 e. The molecule has 1 rings (SSSR count). The summed E-state index contributed by atoms with van der Waals surface area (Å²) in [5.41, 5.74) is 2.05. The number of hydrogen-bond donors (Lipinski definition) is 0. The Bertz CT molecular complexity index is 386. The fraction of sp³-hybridized carbons (Fsp3) is 0.462.